The molecule has 3 fully saturated rings. The first-order valence-electron chi connectivity index (χ1n) is 10.3. The molecule has 0 unspecified atom stereocenters. The van der Waals surface area contributed by atoms with E-state index in [9.17, 15) is 0 Å². The number of hydrogen-bond acceptors (Lipinski definition) is 5. The van der Waals surface area contributed by atoms with Crippen molar-refractivity contribution < 1.29 is 4.62 Å². The van der Waals surface area contributed by atoms with Crippen molar-refractivity contribution in [1.29, 1.82) is 0 Å². The molecule has 1 aromatic carbocycles. The second-order valence-electron chi connectivity index (χ2n) is 7.82. The number of aromatic nitrogens is 2. The van der Waals surface area contributed by atoms with Crippen molar-refractivity contribution in [2.45, 2.75) is 38.5 Å². The Morgan fingerprint density at radius 3 is 1.77 bits per heavy atom. The number of hydrogen-bond donors (Lipinski definition) is 0. The van der Waals surface area contributed by atoms with Crippen molar-refractivity contribution in [2.75, 3.05) is 39.3 Å². The van der Waals surface area contributed by atoms with Gasteiger partial charge in [0.2, 0.25) is 0 Å². The monoisotopic (exact) mass is 375 g/mol. The Hall–Kier alpha value is -1.20. The third-order valence-corrected chi connectivity index (χ3v) is 10.4. The van der Waals surface area contributed by atoms with Gasteiger partial charge in [0, 0.05) is 0 Å². The van der Waals surface area contributed by atoms with E-state index in [4.69, 9.17) is 4.62 Å². The zero-order valence-corrected chi connectivity index (χ0v) is 16.5. The van der Waals surface area contributed by atoms with Crippen LogP contribution in [0.1, 0.15) is 38.5 Å². The number of para-hydroxylation sites is 1. The van der Waals surface area contributed by atoms with Gasteiger partial charge in [0.05, 0.1) is 0 Å². The Kier molecular flexibility index (Phi) is 4.61. The van der Waals surface area contributed by atoms with Gasteiger partial charge in [-0.25, -0.2) is 0 Å². The van der Waals surface area contributed by atoms with Gasteiger partial charge in [-0.05, 0) is 0 Å². The van der Waals surface area contributed by atoms with Crippen molar-refractivity contribution in [2.24, 2.45) is 0 Å². The molecule has 142 valence electrons. The third-order valence-electron chi connectivity index (χ3n) is 6.21. The van der Waals surface area contributed by atoms with Crippen LogP contribution in [-0.2, 0) is 0 Å². The van der Waals surface area contributed by atoms with E-state index in [1.807, 2.05) is 11.0 Å². The molecule has 0 bridgehead atoms. The summed E-state index contributed by atoms with van der Waals surface area (Å²) >= 11 is 0. The topological polar surface area (TPSA) is 36.8 Å². The fourth-order valence-electron chi connectivity index (χ4n) is 4.93. The van der Waals surface area contributed by atoms with Crippen LogP contribution in [0.25, 0.3) is 10.9 Å². The van der Waals surface area contributed by atoms with Crippen LogP contribution >= 0.6 is 7.94 Å². The molecule has 3 saturated heterocycles. The summed E-state index contributed by atoms with van der Waals surface area (Å²) in [6.07, 6.45) is 9.68. The van der Waals surface area contributed by atoms with E-state index >= 15 is 0 Å². The first-order chi connectivity index (χ1) is 12.9. The van der Waals surface area contributed by atoms with Crippen LogP contribution < -0.4 is 4.62 Å². The van der Waals surface area contributed by atoms with Gasteiger partial charge in [-0.15, -0.1) is 0 Å². The van der Waals surface area contributed by atoms with E-state index in [1.54, 1.807) is 0 Å². The van der Waals surface area contributed by atoms with Crippen molar-refractivity contribution in [3.8, 4) is 0 Å². The molecule has 0 atom stereocenters. The number of rotatable bonds is 5. The zero-order valence-electron chi connectivity index (χ0n) is 15.5. The molecule has 5 rings (SSSR count). The Labute approximate surface area is 156 Å². The first kappa shape index (κ1) is 16.9. The molecule has 1 aromatic heterocycles. The maximum absolute atomic E-state index is 7.03. The summed E-state index contributed by atoms with van der Waals surface area (Å²) in [5.74, 6) is 0. The van der Waals surface area contributed by atoms with E-state index < -0.39 is 7.94 Å². The van der Waals surface area contributed by atoms with Gasteiger partial charge < -0.3 is 0 Å². The fraction of sp³-hybridized carbons (Fsp3) is 0.632. The van der Waals surface area contributed by atoms with Crippen LogP contribution in [0.2, 0.25) is 0 Å². The first-order valence-corrected chi connectivity index (χ1v) is 12.0. The average molecular weight is 375 g/mol. The van der Waals surface area contributed by atoms with E-state index in [2.05, 4.69) is 43.4 Å². The van der Waals surface area contributed by atoms with E-state index in [-0.39, 0.29) is 0 Å². The predicted octanol–water partition coefficient (Wildman–Crippen LogP) is 3.16. The van der Waals surface area contributed by atoms with Crippen molar-refractivity contribution in [3.05, 3.63) is 30.5 Å². The summed E-state index contributed by atoms with van der Waals surface area (Å²) in [6.45, 7) is 6.99. The molecule has 4 heterocycles. The number of nitrogens with zero attached hydrogens (tertiary/aromatic N) is 5. The van der Waals surface area contributed by atoms with Crippen LogP contribution in [0.15, 0.2) is 30.5 Å². The van der Waals surface area contributed by atoms with Gasteiger partial charge in [-0.1, -0.05) is 0 Å². The molecule has 2 aromatic rings. The molecule has 3 aliphatic heterocycles. The number of benzene rings is 1. The van der Waals surface area contributed by atoms with Crippen LogP contribution in [0, 0.1) is 0 Å². The van der Waals surface area contributed by atoms with Crippen molar-refractivity contribution in [3.63, 3.8) is 0 Å². The molecule has 0 amide bonds. The van der Waals surface area contributed by atoms with E-state index in [0.29, 0.717) is 0 Å². The van der Waals surface area contributed by atoms with E-state index in [0.717, 1.165) is 10.9 Å². The summed E-state index contributed by atoms with van der Waals surface area (Å²) in [5, 5.41) is 5.80. The molecule has 7 heteroatoms. The van der Waals surface area contributed by atoms with Crippen LogP contribution in [0.5, 0.6) is 0 Å². The van der Waals surface area contributed by atoms with Gasteiger partial charge in [-0.3, -0.25) is 0 Å². The quantitative estimate of drug-likeness (QED) is 0.751. The van der Waals surface area contributed by atoms with Crippen molar-refractivity contribution >= 4 is 18.8 Å². The standard InChI is InChI=1S/C19H30N5OP/c1-2-10-19-18(9-1)17-20-24(19)25-26(21-11-3-4-12-21,22-13-5-6-14-22)23-15-7-8-16-23/h1-2,9-10,17,26H,3-8,11-16H2. The minimum atomic E-state index is -2.42. The molecular formula is C19H30N5OP. The average Bonchev–Trinajstić information content (AvgIpc) is 3.49. The second kappa shape index (κ2) is 7.08. The Morgan fingerprint density at radius 2 is 1.23 bits per heavy atom. The Bertz CT molecular complexity index is 706. The minimum absolute atomic E-state index is 1.09. The van der Waals surface area contributed by atoms with Crippen LogP contribution in [-0.4, -0.2) is 63.2 Å². The SMILES string of the molecule is c1ccc2c(c1)cnn2O[PH](N1CCCC1)(N1CCCC1)N1CCCC1. The van der Waals surface area contributed by atoms with Gasteiger partial charge in [0.25, 0.3) is 0 Å². The molecule has 0 spiro atoms. The molecule has 0 radical (unpaired) electrons. The summed E-state index contributed by atoms with van der Waals surface area (Å²) in [7, 11) is -2.42. The van der Waals surface area contributed by atoms with Gasteiger partial charge >= 0.3 is 156 Å². The Balaban J connectivity index is 1.59. The summed E-state index contributed by atoms with van der Waals surface area (Å²) in [4.78, 5) is 1.84. The van der Waals surface area contributed by atoms with Crippen molar-refractivity contribution in [1.82, 2.24) is 24.0 Å². The van der Waals surface area contributed by atoms with Gasteiger partial charge in [-0.2, -0.15) is 0 Å². The van der Waals surface area contributed by atoms with Gasteiger partial charge in [0.1, 0.15) is 0 Å². The Morgan fingerprint density at radius 1 is 0.731 bits per heavy atom. The molecule has 0 saturated carbocycles. The molecule has 26 heavy (non-hydrogen) atoms. The summed E-state index contributed by atoms with van der Waals surface area (Å²) in [5.41, 5.74) is 1.09. The third kappa shape index (κ3) is 2.75. The zero-order chi connectivity index (χ0) is 17.4. The van der Waals surface area contributed by atoms with Crippen LogP contribution in [0.3, 0.4) is 0 Å². The molecular weight excluding hydrogens is 345 g/mol. The predicted molar refractivity (Wildman–Crippen MR) is 107 cm³/mol. The number of fused-ring (bicyclic) bond motifs is 1. The van der Waals surface area contributed by atoms with Gasteiger partial charge in [0.15, 0.2) is 0 Å². The molecule has 6 nitrogen and oxygen atoms in total. The summed E-state index contributed by atoms with van der Waals surface area (Å²) < 4.78 is 15.2. The molecule has 0 aliphatic carbocycles. The molecule has 3 aliphatic rings. The second-order valence-corrected chi connectivity index (χ2v) is 11.1. The fourth-order valence-corrected chi connectivity index (χ4v) is 9.56. The summed E-state index contributed by atoms with van der Waals surface area (Å²) in [6, 6.07) is 8.39. The van der Waals surface area contributed by atoms with E-state index in [1.165, 1.54) is 77.8 Å². The maximum atomic E-state index is 7.03. The van der Waals surface area contributed by atoms with Crippen LogP contribution in [0.4, 0.5) is 0 Å². The molecule has 0 N–H and O–H groups in total. The normalized spacial score (nSPS) is 24.0.